The van der Waals surface area contributed by atoms with Crippen LogP contribution < -0.4 is 0 Å². The minimum Gasteiger partial charge on any atom is -0.361 e. The number of thioether (sulfide) groups is 1. The van der Waals surface area contributed by atoms with Crippen LogP contribution in [0.4, 0.5) is 0 Å². The topological polar surface area (TPSA) is 46.3 Å². The lowest BCUT2D eigenvalue weighted by Gasteiger charge is -2.19. The number of hydrogen-bond donors (Lipinski definition) is 0. The Kier molecular flexibility index (Phi) is 4.12. The zero-order valence-electron chi connectivity index (χ0n) is 11.2. The maximum atomic E-state index is 12.4. The summed E-state index contributed by atoms with van der Waals surface area (Å²) in [6, 6.07) is 4.28. The fourth-order valence-electron chi connectivity index (χ4n) is 2.35. The van der Waals surface area contributed by atoms with Crippen molar-refractivity contribution < 1.29 is 9.32 Å². The van der Waals surface area contributed by atoms with Gasteiger partial charge in [0.05, 0.1) is 6.20 Å². The third-order valence-corrected chi connectivity index (χ3v) is 5.92. The lowest BCUT2D eigenvalue weighted by Crippen LogP contribution is -2.33. The number of carbonyl (C=O) groups is 1. The first kappa shape index (κ1) is 13.7. The molecule has 1 amide bonds. The van der Waals surface area contributed by atoms with Gasteiger partial charge in [-0.25, -0.2) is 0 Å². The molecule has 20 heavy (non-hydrogen) atoms. The third kappa shape index (κ3) is 2.76. The molecule has 0 bridgehead atoms. The molecule has 0 unspecified atom stereocenters. The number of nitrogens with zero attached hydrogens (tertiary/aromatic N) is 2. The number of thiophene rings is 1. The van der Waals surface area contributed by atoms with Crippen molar-refractivity contribution in [3.05, 3.63) is 39.9 Å². The van der Waals surface area contributed by atoms with E-state index in [2.05, 4.69) is 22.7 Å². The highest BCUT2D eigenvalue weighted by atomic mass is 32.2. The van der Waals surface area contributed by atoms with Gasteiger partial charge in [0.25, 0.3) is 5.91 Å². The van der Waals surface area contributed by atoms with Crippen LogP contribution in [0, 0.1) is 6.92 Å². The molecule has 0 saturated carbocycles. The summed E-state index contributed by atoms with van der Waals surface area (Å²) >= 11 is 3.74. The highest BCUT2D eigenvalue weighted by molar-refractivity contribution is 7.99. The molecule has 1 atom stereocenters. The molecule has 6 heteroatoms. The van der Waals surface area contributed by atoms with E-state index in [0.717, 1.165) is 25.3 Å². The quantitative estimate of drug-likeness (QED) is 0.853. The van der Waals surface area contributed by atoms with Crippen molar-refractivity contribution >= 4 is 29.0 Å². The zero-order chi connectivity index (χ0) is 13.9. The number of carbonyl (C=O) groups excluding carboxylic acids is 1. The fourth-order valence-corrected chi connectivity index (χ4v) is 4.59. The molecule has 2 aromatic rings. The molecular weight excluding hydrogens is 292 g/mol. The van der Waals surface area contributed by atoms with Gasteiger partial charge in [0.2, 0.25) is 0 Å². The largest absolute Gasteiger partial charge is 0.361 e. The number of amides is 1. The molecule has 1 aliphatic heterocycles. The Morgan fingerprint density at radius 3 is 3.10 bits per heavy atom. The number of aromatic nitrogens is 1. The van der Waals surface area contributed by atoms with Crippen molar-refractivity contribution in [1.29, 1.82) is 0 Å². The van der Waals surface area contributed by atoms with E-state index >= 15 is 0 Å². The molecular formula is C14H16N2O2S2. The summed E-state index contributed by atoms with van der Waals surface area (Å²) in [5.74, 6) is 1.61. The summed E-state index contributed by atoms with van der Waals surface area (Å²) in [4.78, 5) is 15.8. The van der Waals surface area contributed by atoms with Crippen molar-refractivity contribution in [2.75, 3.05) is 18.8 Å². The highest BCUT2D eigenvalue weighted by Gasteiger charge is 2.25. The van der Waals surface area contributed by atoms with Crippen LogP contribution in [0.5, 0.6) is 0 Å². The second-order valence-corrected chi connectivity index (χ2v) is 7.04. The van der Waals surface area contributed by atoms with Gasteiger partial charge in [-0.05, 0) is 24.8 Å². The lowest BCUT2D eigenvalue weighted by molar-refractivity contribution is 0.0765. The normalized spacial score (nSPS) is 19.9. The SMILES string of the molecule is Cc1oncc1C(=O)N1CCS[C@@H](c2cccs2)CC1. The first-order valence-corrected chi connectivity index (χ1v) is 8.54. The van der Waals surface area contributed by atoms with E-state index in [4.69, 9.17) is 4.52 Å². The number of hydrogen-bond acceptors (Lipinski definition) is 5. The minimum absolute atomic E-state index is 0.0381. The van der Waals surface area contributed by atoms with E-state index in [0.29, 0.717) is 16.6 Å². The molecule has 1 saturated heterocycles. The van der Waals surface area contributed by atoms with Gasteiger partial charge in [-0.15, -0.1) is 11.3 Å². The zero-order valence-corrected chi connectivity index (χ0v) is 12.9. The van der Waals surface area contributed by atoms with Gasteiger partial charge in [0.15, 0.2) is 0 Å². The Balaban J connectivity index is 1.68. The van der Waals surface area contributed by atoms with E-state index in [1.54, 1.807) is 18.3 Å². The van der Waals surface area contributed by atoms with Gasteiger partial charge in [-0.3, -0.25) is 4.79 Å². The Morgan fingerprint density at radius 1 is 1.50 bits per heavy atom. The minimum atomic E-state index is 0.0381. The Labute approximate surface area is 126 Å². The van der Waals surface area contributed by atoms with Gasteiger partial charge in [0.1, 0.15) is 11.3 Å². The van der Waals surface area contributed by atoms with Crippen LogP contribution in [-0.4, -0.2) is 34.8 Å². The van der Waals surface area contributed by atoms with E-state index in [1.807, 2.05) is 16.7 Å². The van der Waals surface area contributed by atoms with Crippen molar-refractivity contribution in [2.24, 2.45) is 0 Å². The van der Waals surface area contributed by atoms with Crippen LogP contribution in [0.2, 0.25) is 0 Å². The van der Waals surface area contributed by atoms with Crippen LogP contribution in [0.15, 0.2) is 28.2 Å². The molecule has 0 aromatic carbocycles. The molecule has 0 radical (unpaired) electrons. The Morgan fingerprint density at radius 2 is 2.40 bits per heavy atom. The third-order valence-electron chi connectivity index (χ3n) is 3.47. The second kappa shape index (κ2) is 6.01. The van der Waals surface area contributed by atoms with E-state index in [9.17, 15) is 4.79 Å². The molecule has 106 valence electrons. The summed E-state index contributed by atoms with van der Waals surface area (Å²) in [5.41, 5.74) is 0.588. The molecule has 3 rings (SSSR count). The van der Waals surface area contributed by atoms with Gasteiger partial charge in [0, 0.05) is 29.0 Å². The van der Waals surface area contributed by atoms with E-state index < -0.39 is 0 Å². The van der Waals surface area contributed by atoms with Gasteiger partial charge in [-0.2, -0.15) is 11.8 Å². The summed E-state index contributed by atoms with van der Waals surface area (Å²) in [7, 11) is 0. The summed E-state index contributed by atoms with van der Waals surface area (Å²) < 4.78 is 4.99. The Hall–Kier alpha value is -1.27. The smallest absolute Gasteiger partial charge is 0.259 e. The van der Waals surface area contributed by atoms with Crippen LogP contribution in [-0.2, 0) is 0 Å². The molecule has 4 nitrogen and oxygen atoms in total. The molecule has 2 aromatic heterocycles. The van der Waals surface area contributed by atoms with Crippen molar-refractivity contribution in [1.82, 2.24) is 10.1 Å². The average Bonchev–Trinajstić information content (AvgIpc) is 3.05. The van der Waals surface area contributed by atoms with Crippen molar-refractivity contribution in [2.45, 2.75) is 18.6 Å². The van der Waals surface area contributed by atoms with Gasteiger partial charge < -0.3 is 9.42 Å². The molecule has 3 heterocycles. The summed E-state index contributed by atoms with van der Waals surface area (Å²) in [6.07, 6.45) is 2.52. The molecule has 0 spiro atoms. The summed E-state index contributed by atoms with van der Waals surface area (Å²) in [5, 5.41) is 6.32. The van der Waals surface area contributed by atoms with Crippen LogP contribution in [0.3, 0.4) is 0 Å². The maximum absolute atomic E-state index is 12.4. The van der Waals surface area contributed by atoms with Crippen molar-refractivity contribution in [3.8, 4) is 0 Å². The molecule has 1 aliphatic rings. The van der Waals surface area contributed by atoms with Crippen LogP contribution in [0.25, 0.3) is 0 Å². The highest BCUT2D eigenvalue weighted by Crippen LogP contribution is 2.36. The fraction of sp³-hybridized carbons (Fsp3) is 0.429. The Bertz CT molecular complexity index is 580. The van der Waals surface area contributed by atoms with Gasteiger partial charge >= 0.3 is 0 Å². The molecule has 0 aliphatic carbocycles. The van der Waals surface area contributed by atoms with Crippen LogP contribution >= 0.6 is 23.1 Å². The standard InChI is InChI=1S/C14H16N2O2S2/c1-10-11(9-15-18-10)14(17)16-5-4-13(20-8-6-16)12-3-2-7-19-12/h2-3,7,9,13H,4-6,8H2,1H3/t13-/m1/s1. The number of rotatable bonds is 2. The second-order valence-electron chi connectivity index (χ2n) is 4.75. The van der Waals surface area contributed by atoms with E-state index in [1.165, 1.54) is 11.1 Å². The molecule has 0 N–H and O–H groups in total. The predicted molar refractivity (Wildman–Crippen MR) is 81.3 cm³/mol. The lowest BCUT2D eigenvalue weighted by atomic mass is 10.2. The first-order chi connectivity index (χ1) is 9.75. The van der Waals surface area contributed by atoms with Gasteiger partial charge in [-0.1, -0.05) is 11.2 Å². The number of aryl methyl sites for hydroxylation is 1. The maximum Gasteiger partial charge on any atom is 0.259 e. The van der Waals surface area contributed by atoms with E-state index in [-0.39, 0.29) is 5.91 Å². The first-order valence-electron chi connectivity index (χ1n) is 6.61. The summed E-state index contributed by atoms with van der Waals surface area (Å²) in [6.45, 7) is 3.36. The van der Waals surface area contributed by atoms with Crippen LogP contribution in [0.1, 0.15) is 32.7 Å². The monoisotopic (exact) mass is 308 g/mol. The molecule has 1 fully saturated rings. The average molecular weight is 308 g/mol. The van der Waals surface area contributed by atoms with Crippen molar-refractivity contribution in [3.63, 3.8) is 0 Å². The predicted octanol–water partition coefficient (Wildman–Crippen LogP) is 3.36.